The van der Waals surface area contributed by atoms with Crippen LogP contribution in [0.25, 0.3) is 0 Å². The number of pyridine rings is 1. The van der Waals surface area contributed by atoms with Gasteiger partial charge in [0.2, 0.25) is 0 Å². The second-order valence-corrected chi connectivity index (χ2v) is 7.31. The Hall–Kier alpha value is -3.81. The van der Waals surface area contributed by atoms with Crippen LogP contribution in [0.2, 0.25) is 0 Å². The monoisotopic (exact) mass is 404 g/mol. The number of anilines is 1. The maximum Gasteiger partial charge on any atom is 0.269 e. The highest BCUT2D eigenvalue weighted by Crippen LogP contribution is 2.43. The third-order valence-electron chi connectivity index (χ3n) is 5.35. The number of dihydropyridines is 1. The van der Waals surface area contributed by atoms with Crippen molar-refractivity contribution in [2.45, 2.75) is 32.1 Å². The molecule has 1 aliphatic heterocycles. The molecule has 1 aliphatic carbocycles. The summed E-state index contributed by atoms with van der Waals surface area (Å²) in [6.45, 7) is 1.78. The van der Waals surface area contributed by atoms with E-state index in [1.165, 1.54) is 18.3 Å². The largest absolute Gasteiger partial charge is 0.362 e. The molecule has 0 radical (unpaired) electrons. The van der Waals surface area contributed by atoms with Gasteiger partial charge < -0.3 is 10.6 Å². The van der Waals surface area contributed by atoms with E-state index in [1.54, 1.807) is 37.4 Å². The molecular weight excluding hydrogens is 384 g/mol. The molecule has 1 atom stereocenters. The minimum atomic E-state index is -0.675. The van der Waals surface area contributed by atoms with Gasteiger partial charge >= 0.3 is 0 Å². The van der Waals surface area contributed by atoms with Crippen molar-refractivity contribution in [2.24, 2.45) is 0 Å². The Bertz CT molecular complexity index is 1110. The molecule has 4 rings (SSSR count). The zero-order valence-electron chi connectivity index (χ0n) is 16.3. The smallest absolute Gasteiger partial charge is 0.269 e. The quantitative estimate of drug-likeness (QED) is 0.594. The second-order valence-electron chi connectivity index (χ2n) is 7.31. The summed E-state index contributed by atoms with van der Waals surface area (Å²) in [5, 5.41) is 17.4. The van der Waals surface area contributed by atoms with Crippen molar-refractivity contribution in [3.05, 3.63) is 87.0 Å². The molecule has 0 saturated carbocycles. The van der Waals surface area contributed by atoms with E-state index >= 15 is 0 Å². The number of ketones is 1. The predicted molar refractivity (Wildman–Crippen MR) is 110 cm³/mol. The van der Waals surface area contributed by atoms with Crippen LogP contribution in [0.3, 0.4) is 0 Å². The summed E-state index contributed by atoms with van der Waals surface area (Å²) in [4.78, 5) is 41.0. The lowest BCUT2D eigenvalue weighted by atomic mass is 9.75. The highest BCUT2D eigenvalue weighted by atomic mass is 16.6. The molecule has 1 amide bonds. The molecule has 30 heavy (non-hydrogen) atoms. The van der Waals surface area contributed by atoms with Gasteiger partial charge in [0.05, 0.1) is 16.8 Å². The first-order chi connectivity index (χ1) is 14.5. The van der Waals surface area contributed by atoms with Crippen molar-refractivity contribution in [2.75, 3.05) is 5.32 Å². The zero-order chi connectivity index (χ0) is 21.3. The van der Waals surface area contributed by atoms with Crippen LogP contribution < -0.4 is 10.6 Å². The van der Waals surface area contributed by atoms with Crippen LogP contribution in [0, 0.1) is 10.1 Å². The molecular formula is C22H20N4O4. The number of nitrogens with one attached hydrogen (secondary N) is 2. The highest BCUT2D eigenvalue weighted by Gasteiger charge is 2.38. The maximum absolute atomic E-state index is 13.3. The van der Waals surface area contributed by atoms with Crippen LogP contribution >= 0.6 is 0 Å². The van der Waals surface area contributed by atoms with Crippen molar-refractivity contribution in [1.82, 2.24) is 10.3 Å². The molecule has 152 valence electrons. The number of non-ortho nitro benzene ring substituents is 1. The van der Waals surface area contributed by atoms with Gasteiger partial charge in [0.15, 0.2) is 5.78 Å². The summed E-state index contributed by atoms with van der Waals surface area (Å²) < 4.78 is 0. The molecule has 1 aromatic carbocycles. The Balaban J connectivity index is 1.82. The van der Waals surface area contributed by atoms with Crippen LogP contribution in [0.5, 0.6) is 0 Å². The number of rotatable bonds is 4. The van der Waals surface area contributed by atoms with Crippen LogP contribution in [0.1, 0.15) is 37.7 Å². The highest BCUT2D eigenvalue weighted by molar-refractivity contribution is 6.09. The van der Waals surface area contributed by atoms with Gasteiger partial charge in [0, 0.05) is 53.2 Å². The number of amides is 1. The SMILES string of the molecule is CC1=C(C(=O)Nc2cccnc2)[C@H](c2cccc([N+](=O)[O-])c2)C2=C(CCCC2=O)N1. The molecule has 2 N–H and O–H groups in total. The second kappa shape index (κ2) is 7.90. The van der Waals surface area contributed by atoms with E-state index in [1.807, 2.05) is 0 Å². The molecule has 0 saturated heterocycles. The molecule has 2 aliphatic rings. The Kier molecular flexibility index (Phi) is 5.14. The average molecular weight is 404 g/mol. The number of Topliss-reactive ketones (excluding diaryl/α,β-unsaturated/α-hetero) is 1. The number of hydrogen-bond donors (Lipinski definition) is 2. The molecule has 2 heterocycles. The van der Waals surface area contributed by atoms with Crippen molar-refractivity contribution in [3.8, 4) is 0 Å². The Morgan fingerprint density at radius 1 is 1.27 bits per heavy atom. The number of aromatic nitrogens is 1. The third-order valence-corrected chi connectivity index (χ3v) is 5.35. The van der Waals surface area contributed by atoms with E-state index in [-0.39, 0.29) is 17.4 Å². The molecule has 0 fully saturated rings. The van der Waals surface area contributed by atoms with Crippen molar-refractivity contribution in [1.29, 1.82) is 0 Å². The van der Waals surface area contributed by atoms with E-state index in [4.69, 9.17) is 0 Å². The first kappa shape index (κ1) is 19.5. The number of carbonyl (C=O) groups is 2. The molecule has 0 bridgehead atoms. The topological polar surface area (TPSA) is 114 Å². The van der Waals surface area contributed by atoms with E-state index in [2.05, 4.69) is 15.6 Å². The van der Waals surface area contributed by atoms with Gasteiger partial charge in [0.25, 0.3) is 11.6 Å². The van der Waals surface area contributed by atoms with Crippen molar-refractivity contribution in [3.63, 3.8) is 0 Å². The molecule has 0 unspecified atom stereocenters. The number of carbonyl (C=O) groups excluding carboxylic acids is 2. The van der Waals surface area contributed by atoms with Crippen molar-refractivity contribution < 1.29 is 14.5 Å². The van der Waals surface area contributed by atoms with Crippen LogP contribution in [-0.4, -0.2) is 21.6 Å². The summed E-state index contributed by atoms with van der Waals surface area (Å²) in [5.41, 5.74) is 3.29. The minimum Gasteiger partial charge on any atom is -0.362 e. The maximum atomic E-state index is 13.3. The summed E-state index contributed by atoms with van der Waals surface area (Å²) >= 11 is 0. The van der Waals surface area contributed by atoms with Crippen LogP contribution in [0.15, 0.2) is 71.3 Å². The lowest BCUT2D eigenvalue weighted by Gasteiger charge is -2.34. The van der Waals surface area contributed by atoms with E-state index in [0.29, 0.717) is 40.9 Å². The molecule has 8 nitrogen and oxygen atoms in total. The third kappa shape index (κ3) is 3.59. The van der Waals surface area contributed by atoms with Gasteiger partial charge in [-0.15, -0.1) is 0 Å². The van der Waals surface area contributed by atoms with Crippen molar-refractivity contribution >= 4 is 23.1 Å². The predicted octanol–water partition coefficient (Wildman–Crippen LogP) is 3.60. The lowest BCUT2D eigenvalue weighted by Crippen LogP contribution is -2.35. The van der Waals surface area contributed by atoms with Gasteiger partial charge in [0.1, 0.15) is 0 Å². The molecule has 8 heteroatoms. The fourth-order valence-corrected chi connectivity index (χ4v) is 4.07. The summed E-state index contributed by atoms with van der Waals surface area (Å²) in [6, 6.07) is 9.56. The zero-order valence-corrected chi connectivity index (χ0v) is 16.3. The van der Waals surface area contributed by atoms with Gasteiger partial charge in [-0.25, -0.2) is 0 Å². The van der Waals surface area contributed by atoms with Gasteiger partial charge in [-0.2, -0.15) is 0 Å². The Morgan fingerprint density at radius 3 is 2.83 bits per heavy atom. The summed E-state index contributed by atoms with van der Waals surface area (Å²) in [6.07, 6.45) is 4.95. The first-order valence-electron chi connectivity index (χ1n) is 9.65. The Morgan fingerprint density at radius 2 is 2.10 bits per heavy atom. The fraction of sp³-hybridized carbons (Fsp3) is 0.227. The molecule has 1 aromatic heterocycles. The van der Waals surface area contributed by atoms with Gasteiger partial charge in [-0.05, 0) is 37.5 Å². The lowest BCUT2D eigenvalue weighted by molar-refractivity contribution is -0.384. The van der Waals surface area contributed by atoms with E-state index < -0.39 is 10.8 Å². The van der Waals surface area contributed by atoms with Crippen LogP contribution in [-0.2, 0) is 9.59 Å². The Labute approximate surface area is 172 Å². The van der Waals surface area contributed by atoms with Gasteiger partial charge in [-0.1, -0.05) is 12.1 Å². The molecule has 0 spiro atoms. The number of nitro groups is 1. The standard InChI is InChI=1S/C22H20N4O4/c1-13-19(22(28)25-15-6-4-10-23-12-15)20(14-5-2-7-16(11-14)26(29)30)21-17(24-13)8-3-9-18(21)27/h2,4-7,10-12,20,24H,3,8-9H2,1H3,(H,25,28)/t20-/m0/s1. The average Bonchev–Trinajstić information content (AvgIpc) is 2.73. The number of nitro benzene ring substituents is 1. The van der Waals surface area contributed by atoms with E-state index in [0.717, 1.165) is 12.1 Å². The summed E-state index contributed by atoms with van der Waals surface area (Å²) in [7, 11) is 0. The fourth-order valence-electron chi connectivity index (χ4n) is 4.07. The number of benzene rings is 1. The number of hydrogen-bond acceptors (Lipinski definition) is 6. The summed E-state index contributed by atoms with van der Waals surface area (Å²) in [5.74, 6) is -1.10. The first-order valence-corrected chi connectivity index (χ1v) is 9.65. The molecule has 2 aromatic rings. The number of allylic oxidation sites excluding steroid dienone is 3. The minimum absolute atomic E-state index is 0.0422. The normalized spacial score (nSPS) is 18.6. The number of nitrogens with zero attached hydrogens (tertiary/aromatic N) is 2. The van der Waals surface area contributed by atoms with Crippen LogP contribution in [0.4, 0.5) is 11.4 Å². The van der Waals surface area contributed by atoms with E-state index in [9.17, 15) is 19.7 Å². The van der Waals surface area contributed by atoms with Gasteiger partial charge in [-0.3, -0.25) is 24.7 Å².